The Morgan fingerprint density at radius 3 is 2.12 bits per heavy atom. The fraction of sp³-hybridized carbons (Fsp3) is 0.333. The SMILES string of the molecule is COc1ccc(Oc2ccc(S(=O)(=O)C3CCOC(S)C3)cc2)cc1. The summed E-state index contributed by atoms with van der Waals surface area (Å²) in [5, 5.41) is -0.461. The lowest BCUT2D eigenvalue weighted by Gasteiger charge is -2.26. The molecule has 1 saturated heterocycles. The summed E-state index contributed by atoms with van der Waals surface area (Å²) in [6.07, 6.45) is 0.888. The molecule has 0 radical (unpaired) electrons. The van der Waals surface area contributed by atoms with Crippen LogP contribution in [0.2, 0.25) is 0 Å². The van der Waals surface area contributed by atoms with Crippen molar-refractivity contribution in [2.45, 2.75) is 28.4 Å². The molecule has 2 aromatic carbocycles. The van der Waals surface area contributed by atoms with Gasteiger partial charge in [-0.2, -0.15) is 0 Å². The maximum Gasteiger partial charge on any atom is 0.181 e. The van der Waals surface area contributed by atoms with Crippen molar-refractivity contribution in [3.05, 3.63) is 48.5 Å². The third-order valence-electron chi connectivity index (χ3n) is 4.10. The highest BCUT2D eigenvalue weighted by atomic mass is 32.2. The monoisotopic (exact) mass is 380 g/mol. The fourth-order valence-electron chi connectivity index (χ4n) is 2.70. The van der Waals surface area contributed by atoms with Gasteiger partial charge in [0.25, 0.3) is 0 Å². The Balaban J connectivity index is 1.72. The molecule has 25 heavy (non-hydrogen) atoms. The maximum absolute atomic E-state index is 12.7. The molecule has 0 amide bonds. The summed E-state index contributed by atoms with van der Waals surface area (Å²) in [5.41, 5.74) is -0.328. The van der Waals surface area contributed by atoms with Crippen molar-refractivity contribution >= 4 is 22.5 Å². The Labute approximate surface area is 153 Å². The molecular weight excluding hydrogens is 360 g/mol. The van der Waals surface area contributed by atoms with Crippen LogP contribution < -0.4 is 9.47 Å². The van der Waals surface area contributed by atoms with Crippen molar-refractivity contribution in [1.29, 1.82) is 0 Å². The molecule has 0 spiro atoms. The van der Waals surface area contributed by atoms with E-state index in [1.165, 1.54) is 0 Å². The van der Waals surface area contributed by atoms with Crippen molar-refractivity contribution in [2.24, 2.45) is 0 Å². The summed E-state index contributed by atoms with van der Waals surface area (Å²) in [4.78, 5) is 0.294. The third-order valence-corrected chi connectivity index (χ3v) is 6.70. The highest BCUT2D eigenvalue weighted by molar-refractivity contribution is 7.92. The molecule has 0 bridgehead atoms. The van der Waals surface area contributed by atoms with E-state index in [2.05, 4.69) is 12.6 Å². The van der Waals surface area contributed by atoms with Crippen LogP contribution in [-0.2, 0) is 14.6 Å². The first kappa shape index (κ1) is 18.1. The molecule has 7 heteroatoms. The minimum atomic E-state index is -3.39. The van der Waals surface area contributed by atoms with Crippen molar-refractivity contribution in [3.8, 4) is 17.2 Å². The second kappa shape index (κ2) is 7.68. The van der Waals surface area contributed by atoms with E-state index in [4.69, 9.17) is 14.2 Å². The number of hydrogen-bond donors (Lipinski definition) is 1. The topological polar surface area (TPSA) is 61.8 Å². The summed E-state index contributed by atoms with van der Waals surface area (Å²) in [7, 11) is -1.79. The first-order valence-corrected chi connectivity index (χ1v) is 10.0. The normalized spacial score (nSPS) is 20.9. The summed E-state index contributed by atoms with van der Waals surface area (Å²) in [6, 6.07) is 13.7. The minimum absolute atomic E-state index is 0.294. The summed E-state index contributed by atoms with van der Waals surface area (Å²) in [6.45, 7) is 0.413. The molecule has 0 aromatic heterocycles. The van der Waals surface area contributed by atoms with Crippen LogP contribution in [0.4, 0.5) is 0 Å². The van der Waals surface area contributed by atoms with Gasteiger partial charge in [-0.25, -0.2) is 8.42 Å². The number of sulfone groups is 1. The van der Waals surface area contributed by atoms with Crippen LogP contribution in [0.1, 0.15) is 12.8 Å². The van der Waals surface area contributed by atoms with Crippen LogP contribution in [-0.4, -0.2) is 32.8 Å². The molecular formula is C18H20O5S2. The Hall–Kier alpha value is -1.70. The quantitative estimate of drug-likeness (QED) is 0.802. The van der Waals surface area contributed by atoms with E-state index < -0.39 is 15.1 Å². The number of thiol groups is 1. The van der Waals surface area contributed by atoms with Crippen LogP contribution in [0.25, 0.3) is 0 Å². The summed E-state index contributed by atoms with van der Waals surface area (Å²) < 4.78 is 41.6. The smallest absolute Gasteiger partial charge is 0.181 e. The van der Waals surface area contributed by atoms with Gasteiger partial charge in [-0.1, -0.05) is 0 Å². The molecule has 1 heterocycles. The zero-order valence-electron chi connectivity index (χ0n) is 13.8. The first-order valence-electron chi connectivity index (χ1n) is 7.94. The van der Waals surface area contributed by atoms with Crippen LogP contribution in [0.5, 0.6) is 17.2 Å². The Kier molecular flexibility index (Phi) is 5.56. The number of ether oxygens (including phenoxy) is 3. The zero-order chi connectivity index (χ0) is 17.9. The van der Waals surface area contributed by atoms with Gasteiger partial charge in [0, 0.05) is 6.61 Å². The first-order chi connectivity index (χ1) is 12.0. The van der Waals surface area contributed by atoms with Gasteiger partial charge in [0.1, 0.15) is 22.7 Å². The third kappa shape index (κ3) is 4.29. The van der Waals surface area contributed by atoms with Gasteiger partial charge in [0.15, 0.2) is 9.84 Å². The predicted octanol–water partition coefficient (Wildman–Crippen LogP) is 3.70. The molecule has 1 fully saturated rings. The summed E-state index contributed by atoms with van der Waals surface area (Å²) >= 11 is 4.24. The Morgan fingerprint density at radius 2 is 1.56 bits per heavy atom. The molecule has 3 rings (SSSR count). The van der Waals surface area contributed by atoms with Gasteiger partial charge in [-0.3, -0.25) is 0 Å². The minimum Gasteiger partial charge on any atom is -0.497 e. The van der Waals surface area contributed by atoms with Crippen LogP contribution >= 0.6 is 12.6 Å². The molecule has 2 atom stereocenters. The lowest BCUT2D eigenvalue weighted by molar-refractivity contribution is 0.0757. The van der Waals surface area contributed by atoms with Crippen molar-refractivity contribution < 1.29 is 22.6 Å². The second-order valence-electron chi connectivity index (χ2n) is 5.77. The van der Waals surface area contributed by atoms with Crippen LogP contribution in [0.3, 0.4) is 0 Å². The molecule has 0 N–H and O–H groups in total. The fourth-order valence-corrected chi connectivity index (χ4v) is 4.94. The van der Waals surface area contributed by atoms with E-state index in [1.807, 2.05) is 0 Å². The number of rotatable bonds is 5. The Morgan fingerprint density at radius 1 is 1.00 bits per heavy atom. The highest BCUT2D eigenvalue weighted by Gasteiger charge is 2.32. The van der Waals surface area contributed by atoms with Gasteiger partial charge in [0.05, 0.1) is 17.3 Å². The largest absolute Gasteiger partial charge is 0.497 e. The number of benzene rings is 2. The average Bonchev–Trinajstić information content (AvgIpc) is 2.63. The van der Waals surface area contributed by atoms with Crippen LogP contribution in [0.15, 0.2) is 53.4 Å². The lowest BCUT2D eigenvalue weighted by Crippen LogP contribution is -2.32. The molecule has 1 aliphatic rings. The van der Waals surface area contributed by atoms with Crippen molar-refractivity contribution in [3.63, 3.8) is 0 Å². The highest BCUT2D eigenvalue weighted by Crippen LogP contribution is 2.30. The van der Waals surface area contributed by atoms with E-state index in [0.29, 0.717) is 35.8 Å². The average molecular weight is 380 g/mol. The Bertz CT molecular complexity index is 800. The van der Waals surface area contributed by atoms with Gasteiger partial charge in [-0.15, -0.1) is 12.6 Å². The molecule has 2 unspecified atom stereocenters. The molecule has 2 aromatic rings. The second-order valence-corrected chi connectivity index (χ2v) is 8.57. The maximum atomic E-state index is 12.7. The lowest BCUT2D eigenvalue weighted by atomic mass is 10.2. The standard InChI is InChI=1S/C18H20O5S2/c1-21-13-2-4-14(5-3-13)23-15-6-8-16(9-7-15)25(19,20)17-10-11-22-18(24)12-17/h2-9,17-18,24H,10-12H2,1H3. The molecule has 5 nitrogen and oxygen atoms in total. The van der Waals surface area contributed by atoms with Gasteiger partial charge < -0.3 is 14.2 Å². The molecule has 0 saturated carbocycles. The number of methoxy groups -OCH3 is 1. The van der Waals surface area contributed by atoms with E-state index in [0.717, 1.165) is 5.75 Å². The van der Waals surface area contributed by atoms with E-state index in [1.54, 1.807) is 55.6 Å². The van der Waals surface area contributed by atoms with Crippen LogP contribution in [0, 0.1) is 0 Å². The van der Waals surface area contributed by atoms with E-state index in [9.17, 15) is 8.42 Å². The predicted molar refractivity (Wildman–Crippen MR) is 98.4 cm³/mol. The van der Waals surface area contributed by atoms with Gasteiger partial charge in [0.2, 0.25) is 0 Å². The van der Waals surface area contributed by atoms with Gasteiger partial charge >= 0.3 is 0 Å². The van der Waals surface area contributed by atoms with Crippen molar-refractivity contribution in [1.82, 2.24) is 0 Å². The van der Waals surface area contributed by atoms with Crippen molar-refractivity contribution in [2.75, 3.05) is 13.7 Å². The summed E-state index contributed by atoms with van der Waals surface area (Å²) in [5.74, 6) is 1.97. The molecule has 134 valence electrons. The molecule has 0 aliphatic carbocycles. The van der Waals surface area contributed by atoms with E-state index in [-0.39, 0.29) is 5.44 Å². The van der Waals surface area contributed by atoms with E-state index >= 15 is 0 Å². The zero-order valence-corrected chi connectivity index (χ0v) is 15.5. The van der Waals surface area contributed by atoms with Gasteiger partial charge in [-0.05, 0) is 61.4 Å². The molecule has 1 aliphatic heterocycles. The number of hydrogen-bond acceptors (Lipinski definition) is 6.